The lowest BCUT2D eigenvalue weighted by Gasteiger charge is -2.39. The molecule has 2 aromatic carbocycles. The van der Waals surface area contributed by atoms with Crippen LogP contribution in [-0.2, 0) is 4.79 Å². The Labute approximate surface area is 192 Å². The number of carbonyl (C=O) groups excluding carboxylic acids is 2. The van der Waals surface area contributed by atoms with Gasteiger partial charge in [-0.2, -0.15) is 0 Å². The second-order valence-corrected chi connectivity index (χ2v) is 8.76. The fraction of sp³-hybridized carbons (Fsp3) is 0.364. The summed E-state index contributed by atoms with van der Waals surface area (Å²) in [5.74, 6) is -3.59. The molecule has 0 spiro atoms. The van der Waals surface area contributed by atoms with Crippen molar-refractivity contribution in [2.45, 2.75) is 26.2 Å². The van der Waals surface area contributed by atoms with Crippen molar-refractivity contribution < 1.29 is 22.8 Å². The first-order valence-electron chi connectivity index (χ1n) is 10.1. The fourth-order valence-corrected chi connectivity index (χ4v) is 3.80. The molecule has 31 heavy (non-hydrogen) atoms. The number of nitrogens with one attached hydrogen (secondary N) is 2. The molecule has 0 bridgehead atoms. The highest BCUT2D eigenvalue weighted by atomic mass is 127. The summed E-state index contributed by atoms with van der Waals surface area (Å²) in [5, 5.41) is 5.37. The highest BCUT2D eigenvalue weighted by Crippen LogP contribution is 2.31. The van der Waals surface area contributed by atoms with E-state index in [2.05, 4.69) is 10.6 Å². The monoisotopic (exact) mass is 545 g/mol. The number of benzene rings is 2. The third-order valence-electron chi connectivity index (χ3n) is 5.09. The Bertz CT molecular complexity index is 981. The van der Waals surface area contributed by atoms with E-state index in [1.54, 1.807) is 6.07 Å². The number of rotatable bonds is 8. The molecular weight excluding hydrogens is 522 g/mol. The molecule has 1 heterocycles. The van der Waals surface area contributed by atoms with Gasteiger partial charge in [-0.3, -0.25) is 9.59 Å². The molecule has 9 heteroatoms. The Balaban J connectivity index is 1.69. The van der Waals surface area contributed by atoms with E-state index >= 15 is 0 Å². The second-order valence-electron chi connectivity index (χ2n) is 7.52. The number of likely N-dealkylation sites (tertiary alicyclic amines) is 1. The van der Waals surface area contributed by atoms with E-state index in [9.17, 15) is 22.8 Å². The lowest BCUT2D eigenvalue weighted by Crippen LogP contribution is -2.51. The summed E-state index contributed by atoms with van der Waals surface area (Å²) in [4.78, 5) is 26.3. The summed E-state index contributed by atoms with van der Waals surface area (Å²) in [5.41, 5.74) is -0.572. The molecule has 166 valence electrons. The van der Waals surface area contributed by atoms with Crippen molar-refractivity contribution in [2.24, 2.45) is 5.92 Å². The molecule has 2 N–H and O–H groups in total. The van der Waals surface area contributed by atoms with Gasteiger partial charge >= 0.3 is 0 Å². The van der Waals surface area contributed by atoms with Crippen molar-refractivity contribution in [1.82, 2.24) is 10.2 Å². The lowest BCUT2D eigenvalue weighted by atomic mass is 9.94. The number of unbranched alkanes of at least 4 members (excludes halogenated alkanes) is 1. The van der Waals surface area contributed by atoms with Crippen LogP contribution in [0.2, 0.25) is 0 Å². The third kappa shape index (κ3) is 5.69. The van der Waals surface area contributed by atoms with Gasteiger partial charge in [0.1, 0.15) is 5.82 Å². The molecule has 1 saturated heterocycles. The molecule has 0 aromatic heterocycles. The average Bonchev–Trinajstić information content (AvgIpc) is 2.69. The first-order valence-corrected chi connectivity index (χ1v) is 11.1. The van der Waals surface area contributed by atoms with E-state index in [0.717, 1.165) is 18.9 Å². The Morgan fingerprint density at radius 2 is 1.87 bits per heavy atom. The van der Waals surface area contributed by atoms with E-state index < -0.39 is 29.0 Å². The molecule has 5 nitrogen and oxygen atoms in total. The summed E-state index contributed by atoms with van der Waals surface area (Å²) in [6.45, 7) is 3.35. The Morgan fingerprint density at radius 1 is 1.13 bits per heavy atom. The summed E-state index contributed by atoms with van der Waals surface area (Å²) < 4.78 is 43.2. The van der Waals surface area contributed by atoms with Crippen LogP contribution in [0, 0.1) is 26.9 Å². The van der Waals surface area contributed by atoms with Crippen LogP contribution in [0.3, 0.4) is 0 Å². The molecule has 1 aliphatic heterocycles. The minimum atomic E-state index is -1.25. The minimum Gasteiger partial charge on any atom is -0.356 e. The molecule has 2 aromatic rings. The van der Waals surface area contributed by atoms with E-state index in [4.69, 9.17) is 0 Å². The van der Waals surface area contributed by atoms with Crippen LogP contribution >= 0.6 is 22.6 Å². The molecule has 1 aliphatic rings. The fourth-order valence-electron chi connectivity index (χ4n) is 3.35. The standard InChI is InChI=1S/C22H23F3IN3O2/c1-2-3-8-27-19(30)9-13-11-29(12-13)22(31)15-5-6-16(23)20(25)21(15)28-18-7-4-14(26)10-17(18)24/h4-7,10,13,28H,2-3,8-9,11-12H2,1H3,(H,27,30). The summed E-state index contributed by atoms with van der Waals surface area (Å²) in [7, 11) is 0. The molecule has 0 radical (unpaired) electrons. The number of carbonyl (C=O) groups is 2. The number of hydrogen-bond donors (Lipinski definition) is 2. The molecule has 0 atom stereocenters. The number of amides is 2. The molecule has 2 amide bonds. The zero-order valence-corrected chi connectivity index (χ0v) is 19.1. The zero-order valence-electron chi connectivity index (χ0n) is 17.0. The normalized spacial score (nSPS) is 13.6. The predicted octanol–water partition coefficient (Wildman–Crippen LogP) is 4.83. The molecule has 0 unspecified atom stereocenters. The van der Waals surface area contributed by atoms with Gasteiger partial charge in [0.05, 0.1) is 16.9 Å². The summed E-state index contributed by atoms with van der Waals surface area (Å²) in [6.07, 6.45) is 2.21. The topological polar surface area (TPSA) is 61.4 Å². The van der Waals surface area contributed by atoms with Gasteiger partial charge in [0.25, 0.3) is 5.91 Å². The van der Waals surface area contributed by atoms with E-state index in [1.807, 2.05) is 29.5 Å². The maximum Gasteiger partial charge on any atom is 0.256 e. The molecule has 1 fully saturated rings. The zero-order chi connectivity index (χ0) is 22.5. The SMILES string of the molecule is CCCCNC(=O)CC1CN(C(=O)c2ccc(F)c(F)c2Nc2ccc(I)cc2F)C1. The first kappa shape index (κ1) is 23.4. The molecule has 0 saturated carbocycles. The van der Waals surface area contributed by atoms with Crippen molar-refractivity contribution >= 4 is 45.8 Å². The quantitative estimate of drug-likeness (QED) is 0.369. The van der Waals surface area contributed by atoms with Crippen LogP contribution < -0.4 is 10.6 Å². The number of nitrogens with zero attached hydrogens (tertiary/aromatic N) is 1. The largest absolute Gasteiger partial charge is 0.356 e. The van der Waals surface area contributed by atoms with E-state index in [0.29, 0.717) is 29.6 Å². The first-order chi connectivity index (χ1) is 14.8. The maximum absolute atomic E-state index is 14.5. The van der Waals surface area contributed by atoms with Gasteiger partial charge in [-0.1, -0.05) is 13.3 Å². The molecule has 3 rings (SSSR count). The van der Waals surface area contributed by atoms with Gasteiger partial charge in [-0.25, -0.2) is 13.2 Å². The van der Waals surface area contributed by atoms with Gasteiger partial charge in [-0.15, -0.1) is 0 Å². The van der Waals surface area contributed by atoms with Crippen LogP contribution in [0.4, 0.5) is 24.5 Å². The summed E-state index contributed by atoms with van der Waals surface area (Å²) >= 11 is 1.93. The van der Waals surface area contributed by atoms with Gasteiger partial charge < -0.3 is 15.5 Å². The maximum atomic E-state index is 14.5. The van der Waals surface area contributed by atoms with Crippen molar-refractivity contribution in [3.05, 3.63) is 56.9 Å². The van der Waals surface area contributed by atoms with Crippen LogP contribution in [0.25, 0.3) is 0 Å². The van der Waals surface area contributed by atoms with Gasteiger partial charge in [0, 0.05) is 35.5 Å². The minimum absolute atomic E-state index is 0.0147. The molecule has 0 aliphatic carbocycles. The van der Waals surface area contributed by atoms with Gasteiger partial charge in [0.15, 0.2) is 11.6 Å². The highest BCUT2D eigenvalue weighted by molar-refractivity contribution is 14.1. The number of anilines is 2. The Morgan fingerprint density at radius 3 is 2.55 bits per heavy atom. The van der Waals surface area contributed by atoms with Gasteiger partial charge in [-0.05, 0) is 59.3 Å². The predicted molar refractivity (Wildman–Crippen MR) is 121 cm³/mol. The van der Waals surface area contributed by atoms with Crippen LogP contribution in [0.15, 0.2) is 30.3 Å². The van der Waals surface area contributed by atoms with E-state index in [1.165, 1.54) is 23.1 Å². The van der Waals surface area contributed by atoms with Crippen LogP contribution in [-0.4, -0.2) is 36.3 Å². The summed E-state index contributed by atoms with van der Waals surface area (Å²) in [6, 6.07) is 6.30. The second kappa shape index (κ2) is 10.3. The Hall–Kier alpha value is -2.30. The van der Waals surface area contributed by atoms with E-state index in [-0.39, 0.29) is 23.1 Å². The smallest absolute Gasteiger partial charge is 0.256 e. The highest BCUT2D eigenvalue weighted by Gasteiger charge is 2.34. The van der Waals surface area contributed by atoms with Crippen LogP contribution in [0.5, 0.6) is 0 Å². The van der Waals surface area contributed by atoms with Crippen molar-refractivity contribution in [2.75, 3.05) is 25.0 Å². The van der Waals surface area contributed by atoms with Crippen LogP contribution in [0.1, 0.15) is 36.5 Å². The van der Waals surface area contributed by atoms with Crippen molar-refractivity contribution in [3.63, 3.8) is 0 Å². The van der Waals surface area contributed by atoms with Crippen molar-refractivity contribution in [3.8, 4) is 0 Å². The third-order valence-corrected chi connectivity index (χ3v) is 5.76. The number of halogens is 4. The Kier molecular flexibility index (Phi) is 7.79. The van der Waals surface area contributed by atoms with Crippen molar-refractivity contribution in [1.29, 1.82) is 0 Å². The van der Waals surface area contributed by atoms with Gasteiger partial charge in [0.2, 0.25) is 5.91 Å². The lowest BCUT2D eigenvalue weighted by molar-refractivity contribution is -0.123. The molecular formula is C22H23F3IN3O2. The average molecular weight is 545 g/mol. The number of hydrogen-bond acceptors (Lipinski definition) is 3.